The molecule has 21 heavy (non-hydrogen) atoms. The highest BCUT2D eigenvalue weighted by Gasteiger charge is 2.30. The van der Waals surface area contributed by atoms with Gasteiger partial charge in [0, 0.05) is 18.0 Å². The van der Waals surface area contributed by atoms with Gasteiger partial charge in [-0.05, 0) is 51.3 Å². The van der Waals surface area contributed by atoms with Crippen LogP contribution >= 0.6 is 0 Å². The smallest absolute Gasteiger partial charge is 0.0678 e. The number of hydrogen-bond donors (Lipinski definition) is 1. The molecule has 0 spiro atoms. The van der Waals surface area contributed by atoms with Crippen LogP contribution in [0.5, 0.6) is 0 Å². The summed E-state index contributed by atoms with van der Waals surface area (Å²) in [5, 5.41) is 8.20. The van der Waals surface area contributed by atoms with Crippen LogP contribution in [-0.2, 0) is 6.54 Å². The van der Waals surface area contributed by atoms with Crippen molar-refractivity contribution < 1.29 is 0 Å². The Bertz CT molecular complexity index is 623. The van der Waals surface area contributed by atoms with Gasteiger partial charge in [0.1, 0.15) is 0 Å². The Morgan fingerprint density at radius 3 is 2.76 bits per heavy atom. The van der Waals surface area contributed by atoms with Crippen LogP contribution in [0.1, 0.15) is 54.5 Å². The first-order valence-corrected chi connectivity index (χ1v) is 8.06. The molecule has 1 aromatic heterocycles. The van der Waals surface area contributed by atoms with Crippen LogP contribution in [0, 0.1) is 13.8 Å². The van der Waals surface area contributed by atoms with Gasteiger partial charge >= 0.3 is 0 Å². The minimum Gasteiger partial charge on any atom is -0.313 e. The second kappa shape index (κ2) is 6.02. The van der Waals surface area contributed by atoms with E-state index in [4.69, 9.17) is 5.10 Å². The van der Waals surface area contributed by atoms with Gasteiger partial charge in [-0.15, -0.1) is 0 Å². The molecule has 1 fully saturated rings. The summed E-state index contributed by atoms with van der Waals surface area (Å²) in [5.41, 5.74) is 6.62. The molecule has 0 aliphatic heterocycles. The number of hydrogen-bond acceptors (Lipinski definition) is 2. The molecule has 0 bridgehead atoms. The first-order valence-electron chi connectivity index (χ1n) is 8.06. The summed E-state index contributed by atoms with van der Waals surface area (Å²) >= 11 is 0. The van der Waals surface area contributed by atoms with E-state index < -0.39 is 0 Å². The van der Waals surface area contributed by atoms with Gasteiger partial charge in [0.15, 0.2) is 0 Å². The largest absolute Gasteiger partial charge is 0.313 e. The summed E-state index contributed by atoms with van der Waals surface area (Å²) in [4.78, 5) is 0. The standard InChI is InChI=1S/C18H25N3/c1-4-9-19-11-16-12-20-21(18(16)15-6-7-15)17-8-5-13(2)10-14(17)3/h5,8,10,12,15,19H,4,6-7,9,11H2,1-3H3. The zero-order valence-electron chi connectivity index (χ0n) is 13.3. The second-order valence-corrected chi connectivity index (χ2v) is 6.21. The lowest BCUT2D eigenvalue weighted by Crippen LogP contribution is -2.15. The normalized spacial score (nSPS) is 14.6. The third-order valence-corrected chi connectivity index (χ3v) is 4.17. The fourth-order valence-corrected chi connectivity index (χ4v) is 2.95. The van der Waals surface area contributed by atoms with E-state index in [2.05, 4.69) is 55.2 Å². The molecule has 2 aromatic rings. The number of aryl methyl sites for hydroxylation is 2. The molecule has 3 rings (SSSR count). The fraction of sp³-hybridized carbons (Fsp3) is 0.500. The Kier molecular flexibility index (Phi) is 4.11. The molecule has 1 heterocycles. The molecule has 0 unspecified atom stereocenters. The summed E-state index contributed by atoms with van der Waals surface area (Å²) in [5.74, 6) is 0.701. The molecular formula is C18H25N3. The molecular weight excluding hydrogens is 258 g/mol. The first-order chi connectivity index (χ1) is 10.2. The number of rotatable bonds is 6. The number of benzene rings is 1. The fourth-order valence-electron chi connectivity index (χ4n) is 2.95. The van der Waals surface area contributed by atoms with Crippen molar-refractivity contribution in [2.45, 2.75) is 52.5 Å². The Labute approximate surface area is 127 Å². The third-order valence-electron chi connectivity index (χ3n) is 4.17. The van der Waals surface area contributed by atoms with Crippen molar-refractivity contribution in [2.75, 3.05) is 6.54 Å². The average molecular weight is 283 g/mol. The lowest BCUT2D eigenvalue weighted by molar-refractivity contribution is 0.669. The maximum Gasteiger partial charge on any atom is 0.0678 e. The van der Waals surface area contributed by atoms with E-state index in [0.717, 1.165) is 13.1 Å². The molecule has 1 aromatic carbocycles. The number of aromatic nitrogens is 2. The quantitative estimate of drug-likeness (QED) is 0.816. The monoisotopic (exact) mass is 283 g/mol. The van der Waals surface area contributed by atoms with Gasteiger partial charge in [-0.3, -0.25) is 0 Å². The second-order valence-electron chi connectivity index (χ2n) is 6.21. The molecule has 3 heteroatoms. The molecule has 0 saturated heterocycles. The molecule has 0 atom stereocenters. The van der Waals surface area contributed by atoms with Crippen molar-refractivity contribution in [3.05, 3.63) is 46.8 Å². The zero-order valence-corrected chi connectivity index (χ0v) is 13.3. The van der Waals surface area contributed by atoms with Gasteiger partial charge in [0.25, 0.3) is 0 Å². The predicted molar refractivity (Wildman–Crippen MR) is 87.0 cm³/mol. The molecule has 1 N–H and O–H groups in total. The van der Waals surface area contributed by atoms with Gasteiger partial charge in [-0.2, -0.15) is 5.10 Å². The lowest BCUT2D eigenvalue weighted by Gasteiger charge is -2.12. The van der Waals surface area contributed by atoms with Crippen LogP contribution in [0.3, 0.4) is 0 Å². The minimum absolute atomic E-state index is 0.701. The van der Waals surface area contributed by atoms with E-state index in [9.17, 15) is 0 Å². The van der Waals surface area contributed by atoms with E-state index in [1.165, 1.54) is 47.3 Å². The Morgan fingerprint density at radius 2 is 2.10 bits per heavy atom. The van der Waals surface area contributed by atoms with E-state index in [1.807, 2.05) is 0 Å². The highest BCUT2D eigenvalue weighted by Crippen LogP contribution is 2.42. The highest BCUT2D eigenvalue weighted by molar-refractivity contribution is 5.45. The maximum absolute atomic E-state index is 4.69. The maximum atomic E-state index is 4.69. The Morgan fingerprint density at radius 1 is 1.29 bits per heavy atom. The zero-order chi connectivity index (χ0) is 14.8. The van der Waals surface area contributed by atoms with Crippen molar-refractivity contribution in [1.29, 1.82) is 0 Å². The molecule has 112 valence electrons. The molecule has 1 saturated carbocycles. The summed E-state index contributed by atoms with van der Waals surface area (Å²) in [6, 6.07) is 6.62. The molecule has 1 aliphatic rings. The van der Waals surface area contributed by atoms with Gasteiger partial charge < -0.3 is 5.32 Å². The van der Waals surface area contributed by atoms with Crippen molar-refractivity contribution in [1.82, 2.24) is 15.1 Å². The van der Waals surface area contributed by atoms with Crippen LogP contribution in [0.2, 0.25) is 0 Å². The van der Waals surface area contributed by atoms with Gasteiger partial charge in [-0.25, -0.2) is 4.68 Å². The van der Waals surface area contributed by atoms with E-state index in [1.54, 1.807) is 0 Å². The van der Waals surface area contributed by atoms with E-state index in [0.29, 0.717) is 5.92 Å². The predicted octanol–water partition coefficient (Wildman–Crippen LogP) is 3.87. The van der Waals surface area contributed by atoms with Crippen molar-refractivity contribution in [3.63, 3.8) is 0 Å². The van der Waals surface area contributed by atoms with E-state index in [-0.39, 0.29) is 0 Å². The average Bonchev–Trinajstić information content (AvgIpc) is 3.21. The lowest BCUT2D eigenvalue weighted by atomic mass is 10.1. The Hall–Kier alpha value is -1.61. The van der Waals surface area contributed by atoms with Gasteiger partial charge in [0.2, 0.25) is 0 Å². The summed E-state index contributed by atoms with van der Waals surface area (Å²) in [6.07, 6.45) is 5.83. The topological polar surface area (TPSA) is 29.9 Å². The SMILES string of the molecule is CCCNCc1cnn(-c2ccc(C)cc2C)c1C1CC1. The summed E-state index contributed by atoms with van der Waals surface area (Å²) in [7, 11) is 0. The van der Waals surface area contributed by atoms with Gasteiger partial charge in [-0.1, -0.05) is 24.6 Å². The van der Waals surface area contributed by atoms with Crippen LogP contribution in [0.15, 0.2) is 24.4 Å². The number of nitrogens with one attached hydrogen (secondary N) is 1. The van der Waals surface area contributed by atoms with Crippen LogP contribution in [0.25, 0.3) is 5.69 Å². The van der Waals surface area contributed by atoms with Crippen LogP contribution in [0.4, 0.5) is 0 Å². The molecule has 3 nitrogen and oxygen atoms in total. The molecule has 0 radical (unpaired) electrons. The van der Waals surface area contributed by atoms with Crippen LogP contribution in [-0.4, -0.2) is 16.3 Å². The summed E-state index contributed by atoms with van der Waals surface area (Å²) in [6.45, 7) is 8.52. The first kappa shape index (κ1) is 14.3. The van der Waals surface area contributed by atoms with Crippen molar-refractivity contribution in [3.8, 4) is 5.69 Å². The summed E-state index contributed by atoms with van der Waals surface area (Å²) < 4.78 is 2.18. The molecule has 0 amide bonds. The van der Waals surface area contributed by atoms with Crippen molar-refractivity contribution in [2.24, 2.45) is 0 Å². The van der Waals surface area contributed by atoms with Crippen molar-refractivity contribution >= 4 is 0 Å². The molecule has 1 aliphatic carbocycles. The minimum atomic E-state index is 0.701. The third kappa shape index (κ3) is 3.03. The Balaban J connectivity index is 1.94. The van der Waals surface area contributed by atoms with E-state index >= 15 is 0 Å². The van der Waals surface area contributed by atoms with Crippen LogP contribution < -0.4 is 5.32 Å². The van der Waals surface area contributed by atoms with Gasteiger partial charge in [0.05, 0.1) is 17.6 Å². The highest BCUT2D eigenvalue weighted by atomic mass is 15.3. The number of nitrogens with zero attached hydrogens (tertiary/aromatic N) is 2.